The predicted octanol–water partition coefficient (Wildman–Crippen LogP) is 8.00. The van der Waals surface area contributed by atoms with Gasteiger partial charge < -0.3 is 9.97 Å². The number of H-pyrrole nitrogens is 2. The summed E-state index contributed by atoms with van der Waals surface area (Å²) in [6.45, 7) is 3.23. The molecule has 0 saturated carbocycles. The van der Waals surface area contributed by atoms with Crippen molar-refractivity contribution in [2.75, 3.05) is 6.54 Å². The van der Waals surface area contributed by atoms with Gasteiger partial charge in [-0.1, -0.05) is 64.0 Å². The molecule has 9 heteroatoms. The fourth-order valence-corrected chi connectivity index (χ4v) is 5.08. The first kappa shape index (κ1) is 32.1. The third-order valence-corrected chi connectivity index (χ3v) is 7.41. The van der Waals surface area contributed by atoms with Gasteiger partial charge in [-0.15, -0.1) is 0 Å². The number of aromatic nitrogens is 4. The number of nitrogens with one attached hydrogen (secondary N) is 5. The van der Waals surface area contributed by atoms with Gasteiger partial charge in [0.05, 0.1) is 22.8 Å². The summed E-state index contributed by atoms with van der Waals surface area (Å²) >= 11 is 1.71. The third kappa shape index (κ3) is 12.1. The van der Waals surface area contributed by atoms with Crippen LogP contribution in [0.1, 0.15) is 81.1 Å². The molecule has 2 aliphatic heterocycles. The quantitative estimate of drug-likeness (QED) is 0.0512. The molecule has 0 unspecified atom stereocenters. The Balaban J connectivity index is 0.000000189. The molecule has 43 heavy (non-hydrogen) atoms. The van der Waals surface area contributed by atoms with Crippen molar-refractivity contribution in [3.05, 3.63) is 94.2 Å². The maximum absolute atomic E-state index is 5.01. The molecule has 6 heterocycles. The first-order valence-electron chi connectivity index (χ1n) is 15.2. The smallest absolute Gasteiger partial charge is 0.0658 e. The van der Waals surface area contributed by atoms with Crippen molar-refractivity contribution < 1.29 is 0 Å². The van der Waals surface area contributed by atoms with Gasteiger partial charge in [-0.3, -0.25) is 5.84 Å². The number of thiophene rings is 1. The zero-order chi connectivity index (χ0) is 30.0. The van der Waals surface area contributed by atoms with E-state index in [9.17, 15) is 0 Å². The summed E-state index contributed by atoms with van der Waals surface area (Å²) in [4.78, 5) is 16.0. The van der Waals surface area contributed by atoms with E-state index < -0.39 is 0 Å². The molecule has 4 aromatic rings. The summed E-state index contributed by atoms with van der Waals surface area (Å²) in [7, 11) is 0. The van der Waals surface area contributed by atoms with Gasteiger partial charge in [-0.05, 0) is 90.0 Å². The van der Waals surface area contributed by atoms with Crippen molar-refractivity contribution in [3.63, 3.8) is 0 Å². The highest BCUT2D eigenvalue weighted by Gasteiger charge is 2.01. The lowest BCUT2D eigenvalue weighted by molar-refractivity contribution is 0.431. The van der Waals surface area contributed by atoms with Gasteiger partial charge in [0, 0.05) is 28.6 Å². The Labute approximate surface area is 258 Å². The van der Waals surface area contributed by atoms with E-state index in [0.717, 1.165) is 51.4 Å². The van der Waals surface area contributed by atoms with Gasteiger partial charge in [-0.25, -0.2) is 15.4 Å². The second-order valence-electron chi connectivity index (χ2n) is 10.4. The Kier molecular flexibility index (Phi) is 13.9. The molecule has 226 valence electrons. The molecule has 2 aliphatic rings. The van der Waals surface area contributed by atoms with Crippen LogP contribution < -0.4 is 22.3 Å². The molecule has 4 aromatic heterocycles. The molecule has 0 amide bonds. The van der Waals surface area contributed by atoms with Crippen LogP contribution >= 0.6 is 11.3 Å². The normalized spacial score (nSPS) is 11.5. The van der Waals surface area contributed by atoms with Crippen LogP contribution in [0.3, 0.4) is 0 Å². The second kappa shape index (κ2) is 18.6. The van der Waals surface area contributed by atoms with Gasteiger partial charge in [0.15, 0.2) is 0 Å². The Bertz CT molecular complexity index is 1360. The average Bonchev–Trinajstić information content (AvgIpc) is 3.85. The fourth-order valence-electron chi connectivity index (χ4n) is 4.63. The van der Waals surface area contributed by atoms with E-state index in [1.807, 2.05) is 71.5 Å². The highest BCUT2D eigenvalue weighted by Crippen LogP contribution is 2.17. The molecule has 0 atom stereocenters. The minimum atomic E-state index is 0.939. The lowest BCUT2D eigenvalue weighted by Crippen LogP contribution is -2.47. The van der Waals surface area contributed by atoms with E-state index in [-0.39, 0.29) is 0 Å². The van der Waals surface area contributed by atoms with Crippen LogP contribution in [0.5, 0.6) is 0 Å². The summed E-state index contributed by atoms with van der Waals surface area (Å²) in [6.07, 6.45) is 18.9. The van der Waals surface area contributed by atoms with E-state index in [4.69, 9.17) is 5.84 Å². The van der Waals surface area contributed by atoms with Crippen LogP contribution in [0.25, 0.3) is 46.4 Å². The van der Waals surface area contributed by atoms with Crippen molar-refractivity contribution in [2.24, 2.45) is 5.84 Å². The molecule has 0 fully saturated rings. The minimum absolute atomic E-state index is 0.939. The maximum atomic E-state index is 5.01. The monoisotopic (exact) mass is 596 g/mol. The zero-order valence-electron chi connectivity index (χ0n) is 25.0. The van der Waals surface area contributed by atoms with Crippen molar-refractivity contribution in [3.8, 4) is 0 Å². The van der Waals surface area contributed by atoms with Crippen molar-refractivity contribution in [1.82, 2.24) is 36.4 Å². The fraction of sp³-hybridized carbons (Fsp3) is 0.294. The standard InChI is InChI=1S/C20H14N4.C10H26N4.C4H4S/c1-2-14-10-16-5-6-18(23-16)12-20-8-7-19(24-20)11-17-4-3-15(22-17)9-13(1)21-14;1-2-3-4-5-6-7-8-9-10-12-14-13-11;1-2-4-5-3-1/h1-12,21,24H;12-14H,2-11H2,1H3;1-4H. The maximum Gasteiger partial charge on any atom is 0.0658 e. The van der Waals surface area contributed by atoms with E-state index in [2.05, 4.69) is 67.6 Å². The molecule has 0 spiro atoms. The third-order valence-electron chi connectivity index (χ3n) is 6.78. The number of hydrazine groups is 3. The van der Waals surface area contributed by atoms with Gasteiger partial charge in [0.1, 0.15) is 0 Å². The Morgan fingerprint density at radius 2 is 1.05 bits per heavy atom. The largest absolute Gasteiger partial charge is 0.355 e. The van der Waals surface area contributed by atoms with Gasteiger partial charge in [0.2, 0.25) is 0 Å². The first-order valence-corrected chi connectivity index (χ1v) is 16.1. The molecule has 0 aliphatic carbocycles. The predicted molar refractivity (Wildman–Crippen MR) is 184 cm³/mol. The molecule has 0 aromatic carbocycles. The number of nitrogens with two attached hydrogens (primary N) is 1. The van der Waals surface area contributed by atoms with Gasteiger partial charge in [0.25, 0.3) is 0 Å². The highest BCUT2D eigenvalue weighted by atomic mass is 32.1. The molecule has 0 saturated heterocycles. The summed E-state index contributed by atoms with van der Waals surface area (Å²) in [5, 5.41) is 4.08. The van der Waals surface area contributed by atoms with Crippen LogP contribution in [-0.4, -0.2) is 26.5 Å². The first-order chi connectivity index (χ1) is 21.2. The Hall–Kier alpha value is -3.86. The number of rotatable bonds is 11. The molecule has 8 bridgehead atoms. The summed E-state index contributed by atoms with van der Waals surface area (Å²) in [5.41, 5.74) is 15.8. The molecule has 0 radical (unpaired) electrons. The lowest BCUT2D eigenvalue weighted by atomic mass is 10.1. The number of fused-ring (bicyclic) bond motifs is 8. The number of hydrogen-bond donors (Lipinski definition) is 6. The van der Waals surface area contributed by atoms with E-state index in [0.29, 0.717) is 0 Å². The van der Waals surface area contributed by atoms with E-state index in [1.165, 1.54) is 51.4 Å². The Morgan fingerprint density at radius 3 is 1.42 bits per heavy atom. The SMILES string of the molecule is C1=Cc2cc3ccc(cc4nc(cc5ccc(cc1n2)[nH]5)C=C4)[nH]3.CCCCCCCCCCNNNN.c1ccsc1. The molecule has 7 N–H and O–H groups in total. The number of unbranched alkanes of at least 4 members (excludes halogenated alkanes) is 7. The Morgan fingerprint density at radius 1 is 0.628 bits per heavy atom. The van der Waals surface area contributed by atoms with Crippen LogP contribution in [-0.2, 0) is 0 Å². The van der Waals surface area contributed by atoms with E-state index >= 15 is 0 Å². The zero-order valence-corrected chi connectivity index (χ0v) is 25.8. The van der Waals surface area contributed by atoms with Crippen molar-refractivity contribution >= 4 is 57.7 Å². The second-order valence-corrected chi connectivity index (χ2v) is 11.2. The molecule has 8 nitrogen and oxygen atoms in total. The molecule has 6 rings (SSSR count). The summed E-state index contributed by atoms with van der Waals surface area (Å²) in [5.74, 6) is 5.01. The number of hydrogen-bond acceptors (Lipinski definition) is 7. The van der Waals surface area contributed by atoms with Gasteiger partial charge in [-0.2, -0.15) is 22.4 Å². The number of aromatic amines is 2. The molecular weight excluding hydrogens is 552 g/mol. The van der Waals surface area contributed by atoms with Gasteiger partial charge >= 0.3 is 0 Å². The van der Waals surface area contributed by atoms with Crippen LogP contribution in [0, 0.1) is 0 Å². The lowest BCUT2D eigenvalue weighted by Gasteiger charge is -2.04. The van der Waals surface area contributed by atoms with Crippen LogP contribution in [0.2, 0.25) is 0 Å². The summed E-state index contributed by atoms with van der Waals surface area (Å²) < 4.78 is 0. The van der Waals surface area contributed by atoms with E-state index in [1.54, 1.807) is 11.3 Å². The van der Waals surface area contributed by atoms with Crippen molar-refractivity contribution in [1.29, 1.82) is 0 Å². The topological polar surface area (TPSA) is 119 Å². The highest BCUT2D eigenvalue weighted by molar-refractivity contribution is 7.07. The molecular formula is C34H44N8S. The van der Waals surface area contributed by atoms with Crippen molar-refractivity contribution in [2.45, 2.75) is 58.3 Å². The average molecular weight is 597 g/mol. The number of nitrogens with zero attached hydrogens (tertiary/aromatic N) is 2. The van der Waals surface area contributed by atoms with Crippen LogP contribution in [0.15, 0.2) is 71.4 Å². The van der Waals surface area contributed by atoms with Crippen LogP contribution in [0.4, 0.5) is 0 Å². The summed E-state index contributed by atoms with van der Waals surface area (Å²) in [6, 6.07) is 20.4. The minimum Gasteiger partial charge on any atom is -0.355 e.